The van der Waals surface area contributed by atoms with Crippen LogP contribution in [0.5, 0.6) is 0 Å². The summed E-state index contributed by atoms with van der Waals surface area (Å²) in [5.74, 6) is 1.91. The van der Waals surface area contributed by atoms with Crippen LogP contribution in [0, 0.1) is 6.92 Å². The minimum Gasteiger partial charge on any atom is -0.261 e. The van der Waals surface area contributed by atoms with Gasteiger partial charge < -0.3 is 0 Å². The maximum atomic E-state index is 5.06. The van der Waals surface area contributed by atoms with Crippen molar-refractivity contribution < 1.29 is 0 Å². The Bertz CT molecular complexity index is 2290. The third-order valence-corrected chi connectivity index (χ3v) is 8.41. The van der Waals surface area contributed by atoms with Crippen LogP contribution >= 0.6 is 0 Å². The average Bonchev–Trinajstić information content (AvgIpc) is 3.15. The van der Waals surface area contributed by atoms with E-state index in [2.05, 4.69) is 102 Å². The largest absolute Gasteiger partial charge is 0.261 e. The molecule has 0 N–H and O–H groups in total. The molecule has 0 bridgehead atoms. The average molecular weight is 603 g/mol. The summed E-state index contributed by atoms with van der Waals surface area (Å²) in [6.45, 7) is 2.01. The van der Waals surface area contributed by atoms with Crippen LogP contribution in [0.4, 0.5) is 0 Å². The first kappa shape index (κ1) is 28.2. The zero-order chi connectivity index (χ0) is 31.6. The van der Waals surface area contributed by atoms with E-state index in [0.29, 0.717) is 17.5 Å². The van der Waals surface area contributed by atoms with Gasteiger partial charge in [-0.15, -0.1) is 0 Å². The van der Waals surface area contributed by atoms with E-state index in [-0.39, 0.29) is 0 Å². The summed E-state index contributed by atoms with van der Waals surface area (Å²) in [6, 6.07) is 54.8. The Labute approximate surface area is 274 Å². The van der Waals surface area contributed by atoms with E-state index in [1.807, 2.05) is 73.8 Å². The van der Waals surface area contributed by atoms with Gasteiger partial charge in [0.25, 0.3) is 0 Å². The highest BCUT2D eigenvalue weighted by atomic mass is 15.0. The van der Waals surface area contributed by atoms with E-state index in [1.54, 1.807) is 0 Å². The van der Waals surface area contributed by atoms with Gasteiger partial charge >= 0.3 is 0 Å². The van der Waals surface area contributed by atoms with Gasteiger partial charge in [0.1, 0.15) is 0 Å². The molecule has 0 radical (unpaired) electrons. The Hall–Kier alpha value is -6.26. The molecule has 8 rings (SSSR count). The van der Waals surface area contributed by atoms with Crippen molar-refractivity contribution in [1.82, 2.24) is 19.9 Å². The molecule has 8 aromatic rings. The highest BCUT2D eigenvalue weighted by Crippen LogP contribution is 2.35. The molecule has 4 heteroatoms. The van der Waals surface area contributed by atoms with Gasteiger partial charge in [0, 0.05) is 34.1 Å². The third-order valence-electron chi connectivity index (χ3n) is 8.41. The minimum atomic E-state index is 0.625. The molecular weight excluding hydrogens is 573 g/mol. The first-order chi connectivity index (χ1) is 23.2. The monoisotopic (exact) mass is 602 g/mol. The van der Waals surface area contributed by atoms with E-state index in [9.17, 15) is 0 Å². The quantitative estimate of drug-likeness (QED) is 0.190. The molecule has 2 heterocycles. The highest BCUT2D eigenvalue weighted by molar-refractivity contribution is 5.89. The van der Waals surface area contributed by atoms with Crippen molar-refractivity contribution in [3.63, 3.8) is 0 Å². The van der Waals surface area contributed by atoms with Crippen LogP contribution in [-0.2, 0) is 0 Å². The van der Waals surface area contributed by atoms with Gasteiger partial charge in [-0.3, -0.25) is 4.98 Å². The van der Waals surface area contributed by atoms with E-state index in [1.165, 1.54) is 10.8 Å². The van der Waals surface area contributed by atoms with Crippen LogP contribution in [0.1, 0.15) is 5.69 Å². The molecule has 4 nitrogen and oxygen atoms in total. The lowest BCUT2D eigenvalue weighted by atomic mass is 9.93. The van der Waals surface area contributed by atoms with E-state index >= 15 is 0 Å². The lowest BCUT2D eigenvalue weighted by Gasteiger charge is -2.13. The molecule has 2 aromatic heterocycles. The van der Waals surface area contributed by atoms with Crippen LogP contribution < -0.4 is 0 Å². The Kier molecular flexibility index (Phi) is 7.37. The Balaban J connectivity index is 1.34. The van der Waals surface area contributed by atoms with E-state index in [0.717, 1.165) is 55.8 Å². The third kappa shape index (κ3) is 5.92. The number of rotatable bonds is 6. The summed E-state index contributed by atoms with van der Waals surface area (Å²) in [7, 11) is 0. The summed E-state index contributed by atoms with van der Waals surface area (Å²) in [5.41, 5.74) is 10.4. The molecule has 6 aromatic carbocycles. The molecular formula is C43H30N4. The van der Waals surface area contributed by atoms with Crippen LogP contribution in [0.15, 0.2) is 164 Å². The molecule has 0 spiro atoms. The molecule has 0 aliphatic heterocycles. The normalized spacial score (nSPS) is 11.1. The predicted molar refractivity (Wildman–Crippen MR) is 192 cm³/mol. The SMILES string of the molecule is Cc1ccc(-c2cccc(-c3cc(-c4ccc5ccccc5c4)cc(-c4nc(-c5ccccc5)nc(-c5ccccc5)n4)c3)c2)cn1. The second kappa shape index (κ2) is 12.3. The van der Waals surface area contributed by atoms with Gasteiger partial charge in [-0.2, -0.15) is 0 Å². The lowest BCUT2D eigenvalue weighted by molar-refractivity contribution is 1.07. The summed E-state index contributed by atoms with van der Waals surface area (Å²) >= 11 is 0. The number of aryl methyl sites for hydroxylation is 1. The van der Waals surface area contributed by atoms with Gasteiger partial charge in [0.2, 0.25) is 0 Å². The zero-order valence-electron chi connectivity index (χ0n) is 25.9. The molecule has 0 aliphatic rings. The molecule has 0 atom stereocenters. The Morgan fingerprint density at radius 3 is 1.40 bits per heavy atom. The molecule has 0 fully saturated rings. The van der Waals surface area contributed by atoms with Crippen molar-refractivity contribution in [2.45, 2.75) is 6.92 Å². The van der Waals surface area contributed by atoms with Gasteiger partial charge in [0.15, 0.2) is 17.5 Å². The van der Waals surface area contributed by atoms with Gasteiger partial charge in [-0.25, -0.2) is 15.0 Å². The fraction of sp³-hybridized carbons (Fsp3) is 0.0233. The first-order valence-electron chi connectivity index (χ1n) is 15.7. The van der Waals surface area contributed by atoms with Crippen molar-refractivity contribution in [3.05, 3.63) is 170 Å². The number of hydrogen-bond acceptors (Lipinski definition) is 4. The van der Waals surface area contributed by atoms with Crippen molar-refractivity contribution in [2.24, 2.45) is 0 Å². The van der Waals surface area contributed by atoms with Gasteiger partial charge in [-0.1, -0.05) is 121 Å². The Morgan fingerprint density at radius 2 is 0.787 bits per heavy atom. The Morgan fingerprint density at radius 1 is 0.319 bits per heavy atom. The molecule has 0 saturated heterocycles. The highest BCUT2D eigenvalue weighted by Gasteiger charge is 2.15. The number of aromatic nitrogens is 4. The molecule has 0 amide bonds. The maximum Gasteiger partial charge on any atom is 0.164 e. The predicted octanol–water partition coefficient (Wildman–Crippen LogP) is 10.7. The summed E-state index contributed by atoms with van der Waals surface area (Å²) in [5, 5.41) is 2.41. The van der Waals surface area contributed by atoms with Gasteiger partial charge in [0.05, 0.1) is 0 Å². The summed E-state index contributed by atoms with van der Waals surface area (Å²) < 4.78 is 0. The number of benzene rings is 6. The van der Waals surface area contributed by atoms with E-state index < -0.39 is 0 Å². The molecule has 222 valence electrons. The lowest BCUT2D eigenvalue weighted by Crippen LogP contribution is -2.00. The fourth-order valence-electron chi connectivity index (χ4n) is 5.91. The minimum absolute atomic E-state index is 0.625. The van der Waals surface area contributed by atoms with Gasteiger partial charge in [-0.05, 0) is 81.9 Å². The number of hydrogen-bond donors (Lipinski definition) is 0. The second-order valence-electron chi connectivity index (χ2n) is 11.7. The maximum absolute atomic E-state index is 5.06. The number of nitrogens with zero attached hydrogens (tertiary/aromatic N) is 4. The van der Waals surface area contributed by atoms with Crippen LogP contribution in [0.2, 0.25) is 0 Å². The second-order valence-corrected chi connectivity index (χ2v) is 11.7. The fourth-order valence-corrected chi connectivity index (χ4v) is 5.91. The summed E-state index contributed by atoms with van der Waals surface area (Å²) in [4.78, 5) is 19.6. The van der Waals surface area contributed by atoms with Crippen molar-refractivity contribution in [3.8, 4) is 67.5 Å². The van der Waals surface area contributed by atoms with Crippen molar-refractivity contribution >= 4 is 10.8 Å². The smallest absolute Gasteiger partial charge is 0.164 e. The van der Waals surface area contributed by atoms with Crippen LogP contribution in [0.3, 0.4) is 0 Å². The zero-order valence-corrected chi connectivity index (χ0v) is 25.9. The van der Waals surface area contributed by atoms with E-state index in [4.69, 9.17) is 15.0 Å². The molecule has 47 heavy (non-hydrogen) atoms. The van der Waals surface area contributed by atoms with Crippen molar-refractivity contribution in [2.75, 3.05) is 0 Å². The molecule has 0 saturated carbocycles. The van der Waals surface area contributed by atoms with Crippen LogP contribution in [-0.4, -0.2) is 19.9 Å². The first-order valence-corrected chi connectivity index (χ1v) is 15.7. The van der Waals surface area contributed by atoms with Crippen molar-refractivity contribution in [1.29, 1.82) is 0 Å². The molecule has 0 unspecified atom stereocenters. The van der Waals surface area contributed by atoms with Crippen LogP contribution in [0.25, 0.3) is 78.3 Å². The summed E-state index contributed by atoms with van der Waals surface area (Å²) in [6.07, 6.45) is 1.94. The number of pyridine rings is 1. The standard InChI is InChI=1S/C43H30N4/c1-29-19-20-37(28-44-29)34-17-10-18-35(24-34)38-25-39(36-22-21-30-11-8-9-16-33(30)23-36)27-40(26-38)43-46-41(31-12-4-2-5-13-31)45-42(47-43)32-14-6-3-7-15-32/h2-28H,1H3. The number of fused-ring (bicyclic) bond motifs is 1. The topological polar surface area (TPSA) is 51.6 Å². The molecule has 0 aliphatic carbocycles.